The molecule has 2 heterocycles. The van der Waals surface area contributed by atoms with Gasteiger partial charge in [-0.25, -0.2) is 4.39 Å². The molecule has 2 N–H and O–H groups in total. The summed E-state index contributed by atoms with van der Waals surface area (Å²) < 4.78 is 13.1. The van der Waals surface area contributed by atoms with Gasteiger partial charge in [-0.15, -0.1) is 0 Å². The maximum absolute atomic E-state index is 13.1. The van der Waals surface area contributed by atoms with Gasteiger partial charge < -0.3 is 10.6 Å². The van der Waals surface area contributed by atoms with E-state index in [0.717, 1.165) is 50.6 Å². The molecule has 1 aliphatic carbocycles. The fourth-order valence-electron chi connectivity index (χ4n) is 6.21. The van der Waals surface area contributed by atoms with E-state index in [-0.39, 0.29) is 35.6 Å². The zero-order chi connectivity index (χ0) is 24.9. The normalized spacial score (nSPS) is 24.6. The third kappa shape index (κ3) is 6.15. The molecule has 5 rings (SSSR count). The first-order valence-corrected chi connectivity index (χ1v) is 13.7. The SMILES string of the molecule is O=C(CCc1ccc(F)cc1)NC1CC2CCC(C1)N2CC[C@H](NC(=O)C1CCC1)c1ccccc1. The van der Waals surface area contributed by atoms with Crippen molar-refractivity contribution in [2.45, 2.75) is 88.4 Å². The molecular weight excluding hydrogens is 453 g/mol. The van der Waals surface area contributed by atoms with Crippen molar-refractivity contribution < 1.29 is 14.0 Å². The largest absolute Gasteiger partial charge is 0.353 e. The summed E-state index contributed by atoms with van der Waals surface area (Å²) in [6.45, 7) is 0.963. The van der Waals surface area contributed by atoms with Crippen LogP contribution in [0.15, 0.2) is 54.6 Å². The van der Waals surface area contributed by atoms with E-state index in [2.05, 4.69) is 27.7 Å². The Kier molecular flexibility index (Phi) is 8.00. The maximum atomic E-state index is 13.1. The first kappa shape index (κ1) is 24.9. The van der Waals surface area contributed by atoms with E-state index in [4.69, 9.17) is 0 Å². The summed E-state index contributed by atoms with van der Waals surface area (Å²) in [4.78, 5) is 27.9. The van der Waals surface area contributed by atoms with E-state index in [1.165, 1.54) is 30.5 Å². The molecule has 6 heteroatoms. The van der Waals surface area contributed by atoms with Gasteiger partial charge >= 0.3 is 0 Å². The van der Waals surface area contributed by atoms with Crippen LogP contribution in [0.1, 0.15) is 75.0 Å². The monoisotopic (exact) mass is 491 g/mol. The average Bonchev–Trinajstić information content (AvgIpc) is 3.08. The van der Waals surface area contributed by atoms with Crippen LogP contribution in [-0.2, 0) is 16.0 Å². The standard InChI is InChI=1S/C30H38FN3O2/c31-24-12-9-21(10-13-24)11-16-29(35)32-25-19-26-14-15-27(20-25)34(26)18-17-28(22-5-2-1-3-6-22)33-30(36)23-7-4-8-23/h1-3,5-6,9-10,12-13,23,25-28H,4,7-8,11,14-20H2,(H,32,35)(H,33,36)/t25?,26?,27?,28-/m0/s1. The second-order valence-corrected chi connectivity index (χ2v) is 10.9. The van der Waals surface area contributed by atoms with Crippen LogP contribution in [0.4, 0.5) is 4.39 Å². The van der Waals surface area contributed by atoms with Crippen LogP contribution in [0.3, 0.4) is 0 Å². The lowest BCUT2D eigenvalue weighted by atomic mass is 9.84. The van der Waals surface area contributed by atoms with Gasteiger partial charge in [0.2, 0.25) is 11.8 Å². The van der Waals surface area contributed by atoms with Crippen molar-refractivity contribution >= 4 is 11.8 Å². The highest BCUT2D eigenvalue weighted by Crippen LogP contribution is 2.37. The summed E-state index contributed by atoms with van der Waals surface area (Å²) in [6.07, 6.45) is 9.49. The zero-order valence-electron chi connectivity index (χ0n) is 21.0. The lowest BCUT2D eigenvalue weighted by Crippen LogP contribution is -2.51. The Labute approximate surface area is 213 Å². The topological polar surface area (TPSA) is 61.4 Å². The molecule has 1 saturated carbocycles. The number of rotatable bonds is 10. The highest BCUT2D eigenvalue weighted by Gasteiger charge is 2.41. The summed E-state index contributed by atoms with van der Waals surface area (Å²) in [5.41, 5.74) is 2.17. The van der Waals surface area contributed by atoms with Crippen LogP contribution in [0.25, 0.3) is 0 Å². The van der Waals surface area contributed by atoms with Crippen molar-refractivity contribution in [1.29, 1.82) is 0 Å². The summed E-state index contributed by atoms with van der Waals surface area (Å²) in [5.74, 6) is 0.233. The average molecular weight is 492 g/mol. The molecule has 36 heavy (non-hydrogen) atoms. The lowest BCUT2D eigenvalue weighted by molar-refractivity contribution is -0.128. The number of amides is 2. The Hall–Kier alpha value is -2.73. The molecule has 5 nitrogen and oxygen atoms in total. The maximum Gasteiger partial charge on any atom is 0.223 e. The predicted molar refractivity (Wildman–Crippen MR) is 139 cm³/mol. The lowest BCUT2D eigenvalue weighted by Gasteiger charge is -2.40. The molecule has 3 fully saturated rings. The van der Waals surface area contributed by atoms with E-state index >= 15 is 0 Å². The van der Waals surface area contributed by atoms with Crippen LogP contribution in [-0.4, -0.2) is 41.4 Å². The second kappa shape index (κ2) is 11.5. The van der Waals surface area contributed by atoms with Crippen molar-refractivity contribution in [1.82, 2.24) is 15.5 Å². The van der Waals surface area contributed by atoms with Gasteiger partial charge in [0, 0.05) is 37.0 Å². The van der Waals surface area contributed by atoms with E-state index in [1.807, 2.05) is 18.2 Å². The number of nitrogens with zero attached hydrogens (tertiary/aromatic N) is 1. The molecule has 0 spiro atoms. The number of carbonyl (C=O) groups excluding carboxylic acids is 2. The molecule has 2 bridgehead atoms. The predicted octanol–water partition coefficient (Wildman–Crippen LogP) is 4.92. The van der Waals surface area contributed by atoms with Crippen molar-refractivity contribution in [2.24, 2.45) is 5.92 Å². The number of hydrogen-bond acceptors (Lipinski definition) is 3. The molecule has 2 aromatic rings. The zero-order valence-corrected chi connectivity index (χ0v) is 21.0. The minimum absolute atomic E-state index is 0.0441. The number of nitrogens with one attached hydrogen (secondary N) is 2. The van der Waals surface area contributed by atoms with Gasteiger partial charge in [0.1, 0.15) is 5.82 Å². The third-order valence-corrected chi connectivity index (χ3v) is 8.47. The summed E-state index contributed by atoms with van der Waals surface area (Å²) >= 11 is 0. The summed E-state index contributed by atoms with van der Waals surface area (Å²) in [5, 5.41) is 6.61. The minimum Gasteiger partial charge on any atom is -0.353 e. The van der Waals surface area contributed by atoms with Gasteiger partial charge in [-0.2, -0.15) is 0 Å². The third-order valence-electron chi connectivity index (χ3n) is 8.47. The number of aryl methyl sites for hydroxylation is 1. The fourth-order valence-corrected chi connectivity index (χ4v) is 6.21. The quantitative estimate of drug-likeness (QED) is 0.496. The number of carbonyl (C=O) groups is 2. The van der Waals surface area contributed by atoms with E-state index in [1.54, 1.807) is 12.1 Å². The molecule has 2 saturated heterocycles. The molecule has 3 atom stereocenters. The summed E-state index contributed by atoms with van der Waals surface area (Å²) in [6, 6.07) is 18.0. The van der Waals surface area contributed by atoms with Crippen LogP contribution in [0.5, 0.6) is 0 Å². The Bertz CT molecular complexity index is 1010. The van der Waals surface area contributed by atoms with E-state index < -0.39 is 0 Å². The molecule has 2 aliphatic heterocycles. The van der Waals surface area contributed by atoms with Crippen molar-refractivity contribution in [3.63, 3.8) is 0 Å². The number of piperidine rings is 1. The van der Waals surface area contributed by atoms with Gasteiger partial charge in [-0.1, -0.05) is 48.9 Å². The molecule has 0 aromatic heterocycles. The molecule has 192 valence electrons. The smallest absolute Gasteiger partial charge is 0.223 e. The molecule has 2 amide bonds. The highest BCUT2D eigenvalue weighted by atomic mass is 19.1. The van der Waals surface area contributed by atoms with E-state index in [0.29, 0.717) is 24.9 Å². The highest BCUT2D eigenvalue weighted by molar-refractivity contribution is 5.79. The van der Waals surface area contributed by atoms with Crippen LogP contribution in [0, 0.1) is 11.7 Å². The van der Waals surface area contributed by atoms with E-state index in [9.17, 15) is 14.0 Å². The molecule has 2 aromatic carbocycles. The Morgan fingerprint density at radius 1 is 0.944 bits per heavy atom. The first-order chi connectivity index (χ1) is 17.5. The molecule has 0 radical (unpaired) electrons. The molecular formula is C30H38FN3O2. The van der Waals surface area contributed by atoms with Gasteiger partial charge in [-0.3, -0.25) is 14.5 Å². The van der Waals surface area contributed by atoms with Crippen molar-refractivity contribution in [3.8, 4) is 0 Å². The summed E-state index contributed by atoms with van der Waals surface area (Å²) in [7, 11) is 0. The Balaban J connectivity index is 1.12. The number of halogens is 1. The fraction of sp³-hybridized carbons (Fsp3) is 0.533. The van der Waals surface area contributed by atoms with Gasteiger partial charge in [0.25, 0.3) is 0 Å². The second-order valence-electron chi connectivity index (χ2n) is 10.9. The number of fused-ring (bicyclic) bond motifs is 2. The molecule has 3 aliphatic rings. The van der Waals surface area contributed by atoms with Gasteiger partial charge in [0.05, 0.1) is 6.04 Å². The molecule has 2 unspecified atom stereocenters. The minimum atomic E-state index is -0.249. The van der Waals surface area contributed by atoms with Crippen LogP contribution < -0.4 is 10.6 Å². The van der Waals surface area contributed by atoms with Crippen molar-refractivity contribution in [3.05, 3.63) is 71.5 Å². The number of hydrogen-bond donors (Lipinski definition) is 2. The van der Waals surface area contributed by atoms with Crippen LogP contribution in [0.2, 0.25) is 0 Å². The number of benzene rings is 2. The first-order valence-electron chi connectivity index (χ1n) is 13.7. The Morgan fingerprint density at radius 2 is 1.64 bits per heavy atom. The van der Waals surface area contributed by atoms with Gasteiger partial charge in [-0.05, 0) is 74.6 Å². The van der Waals surface area contributed by atoms with Crippen LogP contribution >= 0.6 is 0 Å². The van der Waals surface area contributed by atoms with Gasteiger partial charge in [0.15, 0.2) is 0 Å². The Morgan fingerprint density at radius 3 is 2.28 bits per heavy atom. The van der Waals surface area contributed by atoms with Crippen molar-refractivity contribution in [2.75, 3.05) is 6.54 Å².